The summed E-state index contributed by atoms with van der Waals surface area (Å²) >= 11 is 5.73. The van der Waals surface area contributed by atoms with Crippen LogP contribution in [-0.2, 0) is 0 Å². The highest BCUT2D eigenvalue weighted by Crippen LogP contribution is 2.18. The van der Waals surface area contributed by atoms with Crippen molar-refractivity contribution in [1.29, 1.82) is 0 Å². The minimum absolute atomic E-state index is 0.688. The van der Waals surface area contributed by atoms with Crippen molar-refractivity contribution < 1.29 is 5.21 Å². The predicted octanol–water partition coefficient (Wildman–Crippen LogP) is 1.74. The normalized spacial score (nSPS) is 15.5. The zero-order chi connectivity index (χ0) is 9.26. The summed E-state index contributed by atoms with van der Waals surface area (Å²) in [5.74, 6) is 0. The van der Waals surface area contributed by atoms with Crippen LogP contribution in [0, 0.1) is 0 Å². The molecule has 1 aliphatic heterocycles. The first-order chi connectivity index (χ1) is 6.25. The number of hydrogen-bond donors (Lipinski definition) is 2. The van der Waals surface area contributed by atoms with Crippen LogP contribution >= 0.6 is 11.6 Å². The lowest BCUT2D eigenvalue weighted by molar-refractivity contribution is -0.0791. The molecule has 4 nitrogen and oxygen atoms in total. The summed E-state index contributed by atoms with van der Waals surface area (Å²) in [6.07, 6.45) is 3.19. The Labute approximate surface area is 80.5 Å². The van der Waals surface area contributed by atoms with Gasteiger partial charge in [-0.1, -0.05) is 11.6 Å². The maximum absolute atomic E-state index is 8.98. The maximum Gasteiger partial charge on any atom is 0.0657 e. The van der Waals surface area contributed by atoms with Gasteiger partial charge in [-0.2, -0.15) is 5.17 Å². The predicted molar refractivity (Wildman–Crippen MR) is 49.8 cm³/mol. The number of anilines is 1. The highest BCUT2D eigenvalue weighted by Gasteiger charge is 2.10. The minimum Gasteiger partial charge on any atom is -0.272 e. The van der Waals surface area contributed by atoms with Crippen LogP contribution in [0.4, 0.5) is 5.69 Å². The van der Waals surface area contributed by atoms with Gasteiger partial charge < -0.3 is 0 Å². The number of halogens is 1. The van der Waals surface area contributed by atoms with E-state index >= 15 is 0 Å². The summed E-state index contributed by atoms with van der Waals surface area (Å²) in [6.45, 7) is 0. The van der Waals surface area contributed by atoms with Crippen molar-refractivity contribution in [2.24, 2.45) is 0 Å². The average molecular weight is 198 g/mol. The molecule has 0 saturated heterocycles. The molecule has 5 heteroatoms. The first-order valence-corrected chi connectivity index (χ1v) is 4.11. The van der Waals surface area contributed by atoms with Gasteiger partial charge >= 0.3 is 0 Å². The van der Waals surface area contributed by atoms with Gasteiger partial charge in [0.15, 0.2) is 0 Å². The number of rotatable bonds is 1. The monoisotopic (exact) mass is 197 g/mol. The van der Waals surface area contributed by atoms with E-state index in [1.807, 2.05) is 12.1 Å². The van der Waals surface area contributed by atoms with Crippen molar-refractivity contribution in [3.63, 3.8) is 0 Å². The Hall–Kier alpha value is -1.23. The summed E-state index contributed by atoms with van der Waals surface area (Å²) in [4.78, 5) is 0. The van der Waals surface area contributed by atoms with Gasteiger partial charge in [-0.3, -0.25) is 10.2 Å². The molecule has 1 aromatic carbocycles. The molecule has 1 heterocycles. The van der Waals surface area contributed by atoms with E-state index in [1.54, 1.807) is 23.3 Å². The topological polar surface area (TPSA) is 38.7 Å². The second-order valence-corrected chi connectivity index (χ2v) is 3.03. The van der Waals surface area contributed by atoms with E-state index in [9.17, 15) is 0 Å². The van der Waals surface area contributed by atoms with Crippen LogP contribution < -0.4 is 10.5 Å². The van der Waals surface area contributed by atoms with Gasteiger partial charge in [0.2, 0.25) is 0 Å². The fraction of sp³-hybridized carbons (Fsp3) is 0. The molecule has 0 saturated carbocycles. The van der Waals surface area contributed by atoms with Crippen molar-refractivity contribution in [1.82, 2.24) is 10.7 Å². The molecule has 2 N–H and O–H groups in total. The molecule has 68 valence electrons. The van der Waals surface area contributed by atoms with E-state index in [0.717, 1.165) is 10.9 Å². The molecule has 0 spiro atoms. The Morgan fingerprint density at radius 1 is 1.15 bits per heavy atom. The van der Waals surface area contributed by atoms with Gasteiger partial charge in [0.25, 0.3) is 0 Å². The number of hydroxylamine groups is 1. The van der Waals surface area contributed by atoms with Crippen molar-refractivity contribution in [2.75, 3.05) is 5.01 Å². The van der Waals surface area contributed by atoms with Crippen molar-refractivity contribution in [3.05, 3.63) is 41.7 Å². The molecular weight excluding hydrogens is 190 g/mol. The van der Waals surface area contributed by atoms with Crippen molar-refractivity contribution in [2.45, 2.75) is 0 Å². The number of hydrogen-bond acceptors (Lipinski definition) is 4. The van der Waals surface area contributed by atoms with Gasteiger partial charge in [-0.15, -0.1) is 5.53 Å². The van der Waals surface area contributed by atoms with Crippen LogP contribution in [0.5, 0.6) is 0 Å². The molecule has 0 fully saturated rings. The maximum atomic E-state index is 8.98. The lowest BCUT2D eigenvalue weighted by atomic mass is 10.3. The molecule has 1 aliphatic rings. The van der Waals surface area contributed by atoms with Crippen LogP contribution in [0.3, 0.4) is 0 Å². The summed E-state index contributed by atoms with van der Waals surface area (Å²) in [5.41, 5.74) is 3.56. The highest BCUT2D eigenvalue weighted by molar-refractivity contribution is 6.30. The number of hydrazine groups is 2. The van der Waals surface area contributed by atoms with Crippen molar-refractivity contribution in [3.8, 4) is 0 Å². The fourth-order valence-electron chi connectivity index (χ4n) is 1.05. The van der Waals surface area contributed by atoms with Crippen LogP contribution in [0.1, 0.15) is 0 Å². The summed E-state index contributed by atoms with van der Waals surface area (Å²) in [5, 5.41) is 12.2. The number of nitrogens with one attached hydrogen (secondary N) is 1. The Balaban J connectivity index is 2.18. The molecule has 0 radical (unpaired) electrons. The quantitative estimate of drug-likeness (QED) is 0.720. The average Bonchev–Trinajstić information content (AvgIpc) is 2.53. The van der Waals surface area contributed by atoms with E-state index < -0.39 is 0 Å². The van der Waals surface area contributed by atoms with Gasteiger partial charge in [0.05, 0.1) is 11.9 Å². The fourth-order valence-corrected chi connectivity index (χ4v) is 1.18. The zero-order valence-electron chi connectivity index (χ0n) is 6.68. The first-order valence-electron chi connectivity index (χ1n) is 3.73. The molecule has 0 aliphatic carbocycles. The largest absolute Gasteiger partial charge is 0.272 e. The van der Waals surface area contributed by atoms with E-state index in [1.165, 1.54) is 6.20 Å². The zero-order valence-corrected chi connectivity index (χ0v) is 7.44. The second-order valence-electron chi connectivity index (χ2n) is 2.59. The molecular formula is C8H8ClN3O. The van der Waals surface area contributed by atoms with Gasteiger partial charge in [-0.05, 0) is 24.3 Å². The Bertz CT molecular complexity index is 325. The Morgan fingerprint density at radius 3 is 2.38 bits per heavy atom. The highest BCUT2D eigenvalue weighted by atomic mass is 35.5. The summed E-state index contributed by atoms with van der Waals surface area (Å²) < 4.78 is 0. The molecule has 0 unspecified atom stereocenters. The SMILES string of the molecule is ON1C=CN(c2ccc(Cl)cc2)N1. The minimum atomic E-state index is 0.688. The third-order valence-corrected chi connectivity index (χ3v) is 1.92. The van der Waals surface area contributed by atoms with E-state index in [-0.39, 0.29) is 0 Å². The lowest BCUT2D eigenvalue weighted by Crippen LogP contribution is -2.37. The van der Waals surface area contributed by atoms with Gasteiger partial charge in [0, 0.05) is 11.2 Å². The Morgan fingerprint density at radius 2 is 1.85 bits per heavy atom. The molecule has 0 amide bonds. The molecule has 0 atom stereocenters. The van der Waals surface area contributed by atoms with Crippen LogP contribution in [0.25, 0.3) is 0 Å². The summed E-state index contributed by atoms with van der Waals surface area (Å²) in [7, 11) is 0. The molecule has 13 heavy (non-hydrogen) atoms. The number of benzene rings is 1. The van der Waals surface area contributed by atoms with Crippen LogP contribution in [0.2, 0.25) is 5.02 Å². The van der Waals surface area contributed by atoms with Gasteiger partial charge in [0.1, 0.15) is 0 Å². The van der Waals surface area contributed by atoms with Crippen molar-refractivity contribution >= 4 is 17.3 Å². The molecule has 2 rings (SSSR count). The summed E-state index contributed by atoms with van der Waals surface area (Å²) in [6, 6.07) is 7.26. The third kappa shape index (κ3) is 1.75. The van der Waals surface area contributed by atoms with E-state index in [0.29, 0.717) is 5.02 Å². The van der Waals surface area contributed by atoms with E-state index in [4.69, 9.17) is 16.8 Å². The van der Waals surface area contributed by atoms with Crippen LogP contribution in [0.15, 0.2) is 36.7 Å². The van der Waals surface area contributed by atoms with Gasteiger partial charge in [-0.25, -0.2) is 0 Å². The first kappa shape index (κ1) is 8.37. The van der Waals surface area contributed by atoms with E-state index in [2.05, 4.69) is 5.53 Å². The lowest BCUT2D eigenvalue weighted by Gasteiger charge is -2.17. The third-order valence-electron chi connectivity index (χ3n) is 1.67. The van der Waals surface area contributed by atoms with Crippen LogP contribution in [-0.4, -0.2) is 10.4 Å². The second kappa shape index (κ2) is 3.26. The Kier molecular flexibility index (Phi) is 2.10. The smallest absolute Gasteiger partial charge is 0.0657 e. The standard InChI is InChI=1S/C8H8ClN3O/c9-7-1-3-8(4-2-7)11-5-6-12(13)10-11/h1-6,10,13H. The molecule has 1 aromatic rings. The molecule has 0 bridgehead atoms. The number of nitrogens with zero attached hydrogens (tertiary/aromatic N) is 2. The molecule has 0 aromatic heterocycles.